The van der Waals surface area contributed by atoms with Crippen molar-refractivity contribution in [2.45, 2.75) is 6.36 Å². The van der Waals surface area contributed by atoms with Crippen LogP contribution in [0.5, 0.6) is 5.75 Å². The second kappa shape index (κ2) is 3.37. The van der Waals surface area contributed by atoms with Crippen LogP contribution >= 0.6 is 11.6 Å². The molecule has 2 nitrogen and oxygen atoms in total. The van der Waals surface area contributed by atoms with Gasteiger partial charge in [0.25, 0.3) is 0 Å². The molecule has 13 heavy (non-hydrogen) atoms. The molecule has 1 aromatic heterocycles. The van der Waals surface area contributed by atoms with Crippen molar-refractivity contribution >= 4 is 11.6 Å². The van der Waals surface area contributed by atoms with Gasteiger partial charge >= 0.3 is 6.36 Å². The van der Waals surface area contributed by atoms with E-state index in [2.05, 4.69) is 9.72 Å². The molecule has 72 valence electrons. The summed E-state index contributed by atoms with van der Waals surface area (Å²) in [6.45, 7) is 0. The number of halogens is 5. The minimum atomic E-state index is -4.97. The summed E-state index contributed by atoms with van der Waals surface area (Å²) in [5.41, 5.74) is 0. The molecule has 1 heterocycles. The number of pyridine rings is 1. The number of nitrogens with zero attached hydrogens (tertiary/aromatic N) is 1. The third-order valence-corrected chi connectivity index (χ3v) is 1.30. The van der Waals surface area contributed by atoms with E-state index >= 15 is 0 Å². The first-order valence-electron chi connectivity index (χ1n) is 2.95. The zero-order chi connectivity index (χ0) is 10.1. The smallest absolute Gasteiger partial charge is 0.401 e. The average molecular weight is 216 g/mol. The molecule has 0 unspecified atom stereocenters. The molecular weight excluding hydrogens is 214 g/mol. The van der Waals surface area contributed by atoms with Crippen molar-refractivity contribution in [1.29, 1.82) is 0 Å². The Morgan fingerprint density at radius 3 is 2.38 bits per heavy atom. The van der Waals surface area contributed by atoms with E-state index in [9.17, 15) is 17.6 Å². The van der Waals surface area contributed by atoms with Crippen LogP contribution in [0.3, 0.4) is 0 Å². The van der Waals surface area contributed by atoms with E-state index in [0.717, 1.165) is 6.20 Å². The summed E-state index contributed by atoms with van der Waals surface area (Å²) in [5.74, 6) is -2.33. The summed E-state index contributed by atoms with van der Waals surface area (Å²) in [6.07, 6.45) is -3.54. The first-order valence-corrected chi connectivity index (χ1v) is 3.32. The zero-order valence-electron chi connectivity index (χ0n) is 5.90. The van der Waals surface area contributed by atoms with Gasteiger partial charge in [0.2, 0.25) is 0 Å². The van der Waals surface area contributed by atoms with Gasteiger partial charge in [-0.1, -0.05) is 11.6 Å². The van der Waals surface area contributed by atoms with E-state index in [1.54, 1.807) is 0 Å². The minimum absolute atomic E-state index is 0.530. The number of ether oxygens (including phenoxy) is 1. The summed E-state index contributed by atoms with van der Waals surface area (Å²) < 4.78 is 50.8. The number of aromatic nitrogens is 1. The van der Waals surface area contributed by atoms with Gasteiger partial charge in [0, 0.05) is 6.20 Å². The van der Waals surface area contributed by atoms with Gasteiger partial charge in [-0.15, -0.1) is 13.2 Å². The zero-order valence-corrected chi connectivity index (χ0v) is 6.66. The van der Waals surface area contributed by atoms with E-state index < -0.39 is 23.0 Å². The van der Waals surface area contributed by atoms with Crippen LogP contribution in [0.25, 0.3) is 0 Å². The quantitative estimate of drug-likeness (QED) is 0.672. The maximum absolute atomic E-state index is 12.6. The highest BCUT2D eigenvalue weighted by molar-refractivity contribution is 6.31. The van der Waals surface area contributed by atoms with E-state index in [0.29, 0.717) is 6.20 Å². The second-order valence-corrected chi connectivity index (χ2v) is 2.39. The average Bonchev–Trinajstić information content (AvgIpc) is 1.95. The van der Waals surface area contributed by atoms with Crippen LogP contribution in [-0.4, -0.2) is 11.3 Å². The topological polar surface area (TPSA) is 22.1 Å². The lowest BCUT2D eigenvalue weighted by Gasteiger charge is -2.09. The molecule has 0 aliphatic carbocycles. The second-order valence-electron chi connectivity index (χ2n) is 1.98. The molecule has 0 bridgehead atoms. The first-order chi connectivity index (χ1) is 5.90. The van der Waals surface area contributed by atoms with E-state index in [1.165, 1.54) is 0 Å². The standard InChI is InChI=1S/C6H2ClF4NO/c7-3-1-12-2-4(8)5(3)13-6(9,10)11/h1-2H. The molecule has 0 saturated carbocycles. The van der Waals surface area contributed by atoms with E-state index in [4.69, 9.17) is 11.6 Å². The highest BCUT2D eigenvalue weighted by Crippen LogP contribution is 2.31. The predicted molar refractivity (Wildman–Crippen MR) is 35.9 cm³/mol. The number of hydrogen-bond acceptors (Lipinski definition) is 2. The van der Waals surface area contributed by atoms with Gasteiger partial charge in [0.1, 0.15) is 5.02 Å². The molecule has 0 aromatic carbocycles. The van der Waals surface area contributed by atoms with Crippen LogP contribution < -0.4 is 4.74 Å². The summed E-state index contributed by atoms with van der Waals surface area (Å²) in [4.78, 5) is 3.22. The van der Waals surface area contributed by atoms with Crippen molar-refractivity contribution in [3.63, 3.8) is 0 Å². The Bertz CT molecular complexity index is 294. The van der Waals surface area contributed by atoms with Crippen LogP contribution in [0.15, 0.2) is 12.4 Å². The number of alkyl halides is 3. The van der Waals surface area contributed by atoms with E-state index in [1.807, 2.05) is 0 Å². The largest absolute Gasteiger partial charge is 0.573 e. The van der Waals surface area contributed by atoms with Gasteiger partial charge in [-0.2, -0.15) is 0 Å². The van der Waals surface area contributed by atoms with Gasteiger partial charge in [-0.25, -0.2) is 4.39 Å². The Morgan fingerprint density at radius 2 is 1.92 bits per heavy atom. The van der Waals surface area contributed by atoms with Crippen molar-refractivity contribution in [2.24, 2.45) is 0 Å². The lowest BCUT2D eigenvalue weighted by Crippen LogP contribution is -2.18. The summed E-state index contributed by atoms with van der Waals surface area (Å²) in [6, 6.07) is 0. The molecule has 0 aliphatic heterocycles. The van der Waals surface area contributed by atoms with Crippen molar-refractivity contribution in [3.05, 3.63) is 23.2 Å². The molecule has 0 amide bonds. The van der Waals surface area contributed by atoms with Gasteiger partial charge in [0.15, 0.2) is 11.6 Å². The maximum Gasteiger partial charge on any atom is 0.573 e. The molecule has 0 fully saturated rings. The molecule has 0 saturated heterocycles. The predicted octanol–water partition coefficient (Wildman–Crippen LogP) is 2.77. The molecule has 0 spiro atoms. The lowest BCUT2D eigenvalue weighted by molar-refractivity contribution is -0.275. The minimum Gasteiger partial charge on any atom is -0.401 e. The number of hydrogen-bond donors (Lipinski definition) is 0. The van der Waals surface area contributed by atoms with Crippen molar-refractivity contribution < 1.29 is 22.3 Å². The van der Waals surface area contributed by atoms with Gasteiger partial charge in [0.05, 0.1) is 6.20 Å². The molecule has 0 N–H and O–H groups in total. The lowest BCUT2D eigenvalue weighted by atomic mass is 10.4. The third kappa shape index (κ3) is 2.73. The molecule has 0 radical (unpaired) electrons. The first kappa shape index (κ1) is 10.0. The maximum atomic E-state index is 12.6. The molecule has 1 rings (SSSR count). The summed E-state index contributed by atoms with van der Waals surface area (Å²) in [5, 5.41) is -0.530. The van der Waals surface area contributed by atoms with Gasteiger partial charge < -0.3 is 4.74 Å². The normalized spacial score (nSPS) is 11.5. The molecule has 0 aliphatic rings. The fourth-order valence-corrected chi connectivity index (χ4v) is 0.798. The highest BCUT2D eigenvalue weighted by atomic mass is 35.5. The van der Waals surface area contributed by atoms with Gasteiger partial charge in [-0.3, -0.25) is 4.98 Å². The fraction of sp³-hybridized carbons (Fsp3) is 0.167. The van der Waals surface area contributed by atoms with Crippen LogP contribution in [0, 0.1) is 5.82 Å². The van der Waals surface area contributed by atoms with Crippen molar-refractivity contribution in [2.75, 3.05) is 0 Å². The Balaban J connectivity index is 3.00. The highest BCUT2D eigenvalue weighted by Gasteiger charge is 2.33. The van der Waals surface area contributed by atoms with Crippen LogP contribution in [0.2, 0.25) is 5.02 Å². The van der Waals surface area contributed by atoms with Crippen LogP contribution in [0.4, 0.5) is 17.6 Å². The van der Waals surface area contributed by atoms with Gasteiger partial charge in [-0.05, 0) is 0 Å². The van der Waals surface area contributed by atoms with Crippen molar-refractivity contribution in [1.82, 2.24) is 4.98 Å². The molecule has 0 atom stereocenters. The Kier molecular flexibility index (Phi) is 2.60. The van der Waals surface area contributed by atoms with Crippen LogP contribution in [-0.2, 0) is 0 Å². The SMILES string of the molecule is Fc1cncc(Cl)c1OC(F)(F)F. The third-order valence-electron chi connectivity index (χ3n) is 1.03. The Hall–Kier alpha value is -1.04. The van der Waals surface area contributed by atoms with Crippen LogP contribution in [0.1, 0.15) is 0 Å². The summed E-state index contributed by atoms with van der Waals surface area (Å²) >= 11 is 5.21. The summed E-state index contributed by atoms with van der Waals surface area (Å²) in [7, 11) is 0. The Morgan fingerprint density at radius 1 is 1.31 bits per heavy atom. The van der Waals surface area contributed by atoms with Crippen molar-refractivity contribution in [3.8, 4) is 5.75 Å². The number of rotatable bonds is 1. The fourth-order valence-electron chi connectivity index (χ4n) is 0.613. The Labute approximate surface area is 75.1 Å². The molecule has 1 aromatic rings. The molecule has 7 heteroatoms. The van der Waals surface area contributed by atoms with E-state index in [-0.39, 0.29) is 0 Å². The molecular formula is C6H2ClF4NO. The monoisotopic (exact) mass is 215 g/mol.